The van der Waals surface area contributed by atoms with Crippen molar-refractivity contribution in [3.8, 4) is 0 Å². The third kappa shape index (κ3) is 2.72. The molecule has 1 saturated heterocycles. The lowest BCUT2D eigenvalue weighted by Crippen LogP contribution is -2.40. The van der Waals surface area contributed by atoms with Gasteiger partial charge in [-0.25, -0.2) is 0 Å². The zero-order chi connectivity index (χ0) is 13.1. The maximum Gasteiger partial charge on any atom is 0.287 e. The fraction of sp³-hybridized carbons (Fsp3) is 0.545. The second-order valence-corrected chi connectivity index (χ2v) is 5.09. The lowest BCUT2D eigenvalue weighted by atomic mass is 10.00. The largest absolute Gasteiger partial charge is 0.351 e. The molecule has 18 heavy (non-hydrogen) atoms. The third-order valence-electron chi connectivity index (χ3n) is 3.13. The molecule has 1 N–H and O–H groups in total. The van der Waals surface area contributed by atoms with Gasteiger partial charge in [0.1, 0.15) is 5.69 Å². The minimum absolute atomic E-state index is 0.0765. The summed E-state index contributed by atoms with van der Waals surface area (Å²) < 4.78 is 0. The lowest BCUT2D eigenvalue weighted by Gasteiger charge is -2.31. The quantitative estimate of drug-likeness (QED) is 0.527. The van der Waals surface area contributed by atoms with Crippen molar-refractivity contribution in [2.75, 3.05) is 18.4 Å². The predicted octanol–water partition coefficient (Wildman–Crippen LogP) is 2.17. The molecule has 1 aromatic rings. The molecule has 2 heterocycles. The van der Waals surface area contributed by atoms with Gasteiger partial charge in [-0.15, -0.1) is 0 Å². The van der Waals surface area contributed by atoms with Crippen molar-refractivity contribution < 1.29 is 9.72 Å². The molecule has 1 aromatic heterocycles. The van der Waals surface area contributed by atoms with Crippen LogP contribution in [0.25, 0.3) is 0 Å². The van der Waals surface area contributed by atoms with Gasteiger partial charge < -0.3 is 9.88 Å². The molecule has 0 radical (unpaired) electrons. The first-order valence-electron chi connectivity index (χ1n) is 5.80. The zero-order valence-electron chi connectivity index (χ0n) is 9.76. The van der Waals surface area contributed by atoms with Crippen LogP contribution in [0.2, 0.25) is 0 Å². The number of aromatic amines is 1. The number of nitrogens with one attached hydrogen (secondary N) is 1. The van der Waals surface area contributed by atoms with Gasteiger partial charge in [0, 0.05) is 24.5 Å². The van der Waals surface area contributed by atoms with Crippen LogP contribution in [0.1, 0.15) is 23.3 Å². The molecule has 1 aliphatic rings. The standard InChI is InChI=1S/C11H14BrN3O3/c12-5-8-2-1-3-14(7-8)11(16)10-4-9(6-13-10)15(17)18/h4,6,8,13H,1-3,5,7H2. The molecular weight excluding hydrogens is 302 g/mol. The smallest absolute Gasteiger partial charge is 0.287 e. The Bertz CT molecular complexity index is 460. The van der Waals surface area contributed by atoms with E-state index in [4.69, 9.17) is 0 Å². The number of alkyl halides is 1. The van der Waals surface area contributed by atoms with Crippen LogP contribution in [0.3, 0.4) is 0 Å². The van der Waals surface area contributed by atoms with Crippen molar-refractivity contribution in [1.82, 2.24) is 9.88 Å². The normalized spacial score (nSPS) is 19.8. The number of carbonyl (C=O) groups is 1. The second-order valence-electron chi connectivity index (χ2n) is 4.44. The van der Waals surface area contributed by atoms with Crippen molar-refractivity contribution >= 4 is 27.5 Å². The Morgan fingerprint density at radius 1 is 1.67 bits per heavy atom. The summed E-state index contributed by atoms with van der Waals surface area (Å²) in [4.78, 5) is 26.6. The van der Waals surface area contributed by atoms with Crippen molar-refractivity contribution in [2.24, 2.45) is 5.92 Å². The number of nitrogens with zero attached hydrogens (tertiary/aromatic N) is 2. The van der Waals surface area contributed by atoms with Crippen molar-refractivity contribution in [3.63, 3.8) is 0 Å². The number of likely N-dealkylation sites (tertiary alicyclic amines) is 1. The minimum atomic E-state index is -0.509. The first-order valence-corrected chi connectivity index (χ1v) is 6.92. The molecule has 0 bridgehead atoms. The summed E-state index contributed by atoms with van der Waals surface area (Å²) in [5.41, 5.74) is 0.212. The van der Waals surface area contributed by atoms with E-state index < -0.39 is 4.92 Å². The number of halogens is 1. The first-order chi connectivity index (χ1) is 8.61. The Balaban J connectivity index is 2.07. The van der Waals surface area contributed by atoms with Gasteiger partial charge >= 0.3 is 0 Å². The van der Waals surface area contributed by atoms with E-state index >= 15 is 0 Å². The molecule has 1 amide bonds. The van der Waals surface area contributed by atoms with E-state index in [0.29, 0.717) is 12.5 Å². The molecular formula is C11H14BrN3O3. The molecule has 7 heteroatoms. The summed E-state index contributed by atoms with van der Waals surface area (Å²) in [7, 11) is 0. The topological polar surface area (TPSA) is 79.2 Å². The number of hydrogen-bond acceptors (Lipinski definition) is 3. The lowest BCUT2D eigenvalue weighted by molar-refractivity contribution is -0.384. The van der Waals surface area contributed by atoms with Gasteiger partial charge in [0.15, 0.2) is 0 Å². The van der Waals surface area contributed by atoms with Crippen LogP contribution in [-0.2, 0) is 0 Å². The van der Waals surface area contributed by atoms with Crippen LogP contribution in [0.15, 0.2) is 12.3 Å². The first kappa shape index (κ1) is 13.1. The van der Waals surface area contributed by atoms with Gasteiger partial charge in [-0.2, -0.15) is 0 Å². The van der Waals surface area contributed by atoms with E-state index in [1.165, 1.54) is 12.3 Å². The molecule has 0 saturated carbocycles. The van der Waals surface area contributed by atoms with Gasteiger partial charge in [0.25, 0.3) is 11.6 Å². The highest BCUT2D eigenvalue weighted by Crippen LogP contribution is 2.21. The number of hydrogen-bond donors (Lipinski definition) is 1. The molecule has 6 nitrogen and oxygen atoms in total. The summed E-state index contributed by atoms with van der Waals surface area (Å²) in [5, 5.41) is 11.4. The van der Waals surface area contributed by atoms with Gasteiger partial charge in [-0.3, -0.25) is 14.9 Å². The highest BCUT2D eigenvalue weighted by molar-refractivity contribution is 9.09. The van der Waals surface area contributed by atoms with Crippen molar-refractivity contribution in [2.45, 2.75) is 12.8 Å². The average Bonchev–Trinajstić information content (AvgIpc) is 2.87. The Labute approximate surface area is 113 Å². The Kier molecular flexibility index (Phi) is 4.00. The molecule has 0 spiro atoms. The Morgan fingerprint density at radius 2 is 2.44 bits per heavy atom. The molecule has 0 aromatic carbocycles. The van der Waals surface area contributed by atoms with Crippen LogP contribution in [0, 0.1) is 16.0 Å². The summed E-state index contributed by atoms with van der Waals surface area (Å²) in [6.07, 6.45) is 3.34. The molecule has 0 aliphatic carbocycles. The number of carbonyl (C=O) groups excluding carboxylic acids is 1. The molecule has 1 atom stereocenters. The Morgan fingerprint density at radius 3 is 3.06 bits per heavy atom. The fourth-order valence-corrected chi connectivity index (χ4v) is 2.69. The van der Waals surface area contributed by atoms with Gasteiger partial charge in [-0.05, 0) is 18.8 Å². The second kappa shape index (κ2) is 5.51. The van der Waals surface area contributed by atoms with E-state index in [-0.39, 0.29) is 17.3 Å². The highest BCUT2D eigenvalue weighted by Gasteiger charge is 2.25. The molecule has 98 valence electrons. The van der Waals surface area contributed by atoms with Crippen LogP contribution in [-0.4, -0.2) is 39.1 Å². The third-order valence-corrected chi connectivity index (χ3v) is 4.05. The number of nitro groups is 1. The summed E-state index contributed by atoms with van der Waals surface area (Å²) in [5.74, 6) is 0.307. The van der Waals surface area contributed by atoms with E-state index in [0.717, 1.165) is 24.7 Å². The average molecular weight is 316 g/mol. The van der Waals surface area contributed by atoms with Gasteiger partial charge in [-0.1, -0.05) is 15.9 Å². The molecule has 1 unspecified atom stereocenters. The Hall–Kier alpha value is -1.37. The van der Waals surface area contributed by atoms with E-state index in [2.05, 4.69) is 20.9 Å². The molecule has 1 aliphatic heterocycles. The molecule has 1 fully saturated rings. The van der Waals surface area contributed by atoms with Crippen molar-refractivity contribution in [3.05, 3.63) is 28.1 Å². The highest BCUT2D eigenvalue weighted by atomic mass is 79.9. The van der Waals surface area contributed by atoms with Crippen LogP contribution < -0.4 is 0 Å². The number of aromatic nitrogens is 1. The summed E-state index contributed by atoms with van der Waals surface area (Å²) >= 11 is 3.43. The van der Waals surface area contributed by atoms with Crippen LogP contribution in [0.5, 0.6) is 0 Å². The minimum Gasteiger partial charge on any atom is -0.351 e. The summed E-state index contributed by atoms with van der Waals surface area (Å²) in [6, 6.07) is 1.29. The maximum atomic E-state index is 12.2. The SMILES string of the molecule is O=C(c1cc([N+](=O)[O-])c[nH]1)N1CCCC(CBr)C1. The molecule has 2 rings (SSSR count). The van der Waals surface area contributed by atoms with Gasteiger partial charge in [0.2, 0.25) is 0 Å². The predicted molar refractivity (Wildman–Crippen MR) is 69.9 cm³/mol. The number of piperidine rings is 1. The van der Waals surface area contributed by atoms with Crippen molar-refractivity contribution in [1.29, 1.82) is 0 Å². The fourth-order valence-electron chi connectivity index (χ4n) is 2.16. The van der Waals surface area contributed by atoms with E-state index in [1.807, 2.05) is 0 Å². The van der Waals surface area contributed by atoms with Crippen LogP contribution in [0.4, 0.5) is 5.69 Å². The van der Waals surface area contributed by atoms with E-state index in [9.17, 15) is 14.9 Å². The van der Waals surface area contributed by atoms with Crippen LogP contribution >= 0.6 is 15.9 Å². The maximum absolute atomic E-state index is 12.2. The monoisotopic (exact) mass is 315 g/mol. The van der Waals surface area contributed by atoms with Gasteiger partial charge in [0.05, 0.1) is 11.1 Å². The zero-order valence-corrected chi connectivity index (χ0v) is 11.4. The van der Waals surface area contributed by atoms with E-state index in [1.54, 1.807) is 4.90 Å². The number of amides is 1. The summed E-state index contributed by atoms with van der Waals surface area (Å²) in [6.45, 7) is 1.42. The number of H-pyrrole nitrogens is 1. The number of rotatable bonds is 3.